The van der Waals surface area contributed by atoms with Gasteiger partial charge < -0.3 is 10.3 Å². The average molecular weight is 292 g/mol. The van der Waals surface area contributed by atoms with Crippen LogP contribution in [0.4, 0.5) is 11.4 Å². The molecule has 1 heterocycles. The van der Waals surface area contributed by atoms with Crippen LogP contribution in [0.1, 0.15) is 36.5 Å². The minimum Gasteiger partial charge on any atom is -0.338 e. The molecule has 1 atom stereocenters. The van der Waals surface area contributed by atoms with Crippen LogP contribution in [0.15, 0.2) is 18.2 Å². The van der Waals surface area contributed by atoms with Crippen molar-refractivity contribution >= 4 is 17.3 Å². The van der Waals surface area contributed by atoms with Gasteiger partial charge in [-0.1, -0.05) is 13.3 Å². The zero-order chi connectivity index (χ0) is 15.4. The van der Waals surface area contributed by atoms with Crippen LogP contribution in [0, 0.1) is 16.0 Å². The second kappa shape index (κ2) is 6.53. The molecule has 1 saturated heterocycles. The second-order valence-corrected chi connectivity index (χ2v) is 5.30. The Balaban J connectivity index is 2.21. The van der Waals surface area contributed by atoms with E-state index in [2.05, 4.69) is 12.3 Å². The summed E-state index contributed by atoms with van der Waals surface area (Å²) in [4.78, 5) is 24.6. The van der Waals surface area contributed by atoms with E-state index in [9.17, 15) is 14.9 Å². The monoisotopic (exact) mass is 292 g/mol. The fourth-order valence-corrected chi connectivity index (χ4v) is 2.71. The van der Waals surface area contributed by atoms with Crippen molar-refractivity contribution in [2.75, 3.05) is 18.5 Å². The smallest absolute Gasteiger partial charge is 0.293 e. The number of nitro benzene ring substituents is 1. The number of nitro groups is 1. The van der Waals surface area contributed by atoms with Crippen LogP contribution in [0.2, 0.25) is 0 Å². The van der Waals surface area contributed by atoms with Crippen molar-refractivity contribution in [1.29, 1.82) is 0 Å². The number of benzene rings is 1. The summed E-state index contributed by atoms with van der Waals surface area (Å²) in [6.07, 6.45) is 3.20. The number of likely N-dealkylation sites (tertiary alicyclic amines) is 1. The third-order valence-corrected chi connectivity index (χ3v) is 3.98. The molecule has 0 radical (unpaired) electrons. The highest BCUT2D eigenvalue weighted by Gasteiger charge is 2.25. The van der Waals surface area contributed by atoms with Crippen LogP contribution in [-0.2, 0) is 0 Å². The van der Waals surface area contributed by atoms with E-state index >= 15 is 0 Å². The average Bonchev–Trinajstić information content (AvgIpc) is 2.53. The molecule has 3 N–H and O–H groups in total. The van der Waals surface area contributed by atoms with Crippen molar-refractivity contribution in [3.63, 3.8) is 0 Å². The van der Waals surface area contributed by atoms with Crippen LogP contribution >= 0.6 is 0 Å². The number of piperidine rings is 1. The van der Waals surface area contributed by atoms with E-state index in [4.69, 9.17) is 5.84 Å². The normalized spacial score (nSPS) is 18.4. The standard InChI is InChI=1S/C14H20N4O3/c1-2-10-4-3-7-17(9-10)14(19)11-5-6-13(18(20)21)12(8-11)16-15/h5-6,8,10,16H,2-4,7,9,15H2,1H3. The Hall–Kier alpha value is -2.15. The molecule has 7 heteroatoms. The fourth-order valence-electron chi connectivity index (χ4n) is 2.71. The summed E-state index contributed by atoms with van der Waals surface area (Å²) >= 11 is 0. The van der Waals surface area contributed by atoms with Gasteiger partial charge in [-0.15, -0.1) is 0 Å². The van der Waals surface area contributed by atoms with Crippen LogP contribution in [0.5, 0.6) is 0 Å². The summed E-state index contributed by atoms with van der Waals surface area (Å²) in [7, 11) is 0. The van der Waals surface area contributed by atoms with E-state index in [1.54, 1.807) is 0 Å². The van der Waals surface area contributed by atoms with Gasteiger partial charge in [0.1, 0.15) is 5.69 Å². The minimum atomic E-state index is -0.530. The third-order valence-electron chi connectivity index (χ3n) is 3.98. The van der Waals surface area contributed by atoms with Crippen LogP contribution in [0.3, 0.4) is 0 Å². The number of nitrogens with zero attached hydrogens (tertiary/aromatic N) is 2. The van der Waals surface area contributed by atoms with Crippen molar-refractivity contribution in [3.05, 3.63) is 33.9 Å². The summed E-state index contributed by atoms with van der Waals surface area (Å²) in [6, 6.07) is 4.23. The molecule has 0 bridgehead atoms. The van der Waals surface area contributed by atoms with Crippen LogP contribution in [0.25, 0.3) is 0 Å². The largest absolute Gasteiger partial charge is 0.338 e. The summed E-state index contributed by atoms with van der Waals surface area (Å²) < 4.78 is 0. The zero-order valence-corrected chi connectivity index (χ0v) is 12.0. The van der Waals surface area contributed by atoms with Gasteiger partial charge in [-0.05, 0) is 30.9 Å². The maximum Gasteiger partial charge on any atom is 0.293 e. The topological polar surface area (TPSA) is 102 Å². The van der Waals surface area contributed by atoms with Crippen molar-refractivity contribution in [3.8, 4) is 0 Å². The van der Waals surface area contributed by atoms with E-state index in [0.29, 0.717) is 11.5 Å². The van der Waals surface area contributed by atoms with Gasteiger partial charge in [-0.2, -0.15) is 0 Å². The molecule has 114 valence electrons. The molecule has 0 aliphatic carbocycles. The predicted octanol–water partition coefficient (Wildman–Crippen LogP) is 2.14. The highest BCUT2D eigenvalue weighted by atomic mass is 16.6. The van der Waals surface area contributed by atoms with Gasteiger partial charge in [0, 0.05) is 24.7 Å². The van der Waals surface area contributed by atoms with Crippen molar-refractivity contribution in [1.82, 2.24) is 4.90 Å². The van der Waals surface area contributed by atoms with Gasteiger partial charge in [0.25, 0.3) is 11.6 Å². The van der Waals surface area contributed by atoms with Crippen LogP contribution < -0.4 is 11.3 Å². The second-order valence-electron chi connectivity index (χ2n) is 5.30. The first-order valence-electron chi connectivity index (χ1n) is 7.11. The molecule has 1 unspecified atom stereocenters. The van der Waals surface area contributed by atoms with Gasteiger partial charge >= 0.3 is 0 Å². The first kappa shape index (κ1) is 15.2. The third kappa shape index (κ3) is 3.30. The summed E-state index contributed by atoms with van der Waals surface area (Å²) in [6.45, 7) is 3.61. The first-order valence-corrected chi connectivity index (χ1v) is 7.11. The van der Waals surface area contributed by atoms with E-state index in [-0.39, 0.29) is 17.3 Å². The lowest BCUT2D eigenvalue weighted by molar-refractivity contribution is -0.384. The summed E-state index contributed by atoms with van der Waals surface area (Å²) in [5.74, 6) is 5.74. The van der Waals surface area contributed by atoms with E-state index in [0.717, 1.165) is 32.4 Å². The Kier molecular flexibility index (Phi) is 4.74. The van der Waals surface area contributed by atoms with Gasteiger partial charge in [0.2, 0.25) is 0 Å². The SMILES string of the molecule is CCC1CCCN(C(=O)c2ccc([N+](=O)[O-])c(NN)c2)C1. The zero-order valence-electron chi connectivity index (χ0n) is 12.0. The Bertz CT molecular complexity index is 547. The molecule has 2 rings (SSSR count). The summed E-state index contributed by atoms with van der Waals surface area (Å²) in [5, 5.41) is 10.9. The number of hydrogen-bond donors (Lipinski definition) is 2. The van der Waals surface area contributed by atoms with Crippen molar-refractivity contribution < 1.29 is 9.72 Å². The van der Waals surface area contributed by atoms with Gasteiger partial charge in [-0.25, -0.2) is 0 Å². The molecule has 1 aromatic carbocycles. The molecular weight excluding hydrogens is 272 g/mol. The molecule has 0 spiro atoms. The molecule has 1 aliphatic rings. The Morgan fingerprint density at radius 1 is 1.57 bits per heavy atom. The minimum absolute atomic E-state index is 0.0976. The van der Waals surface area contributed by atoms with Crippen molar-refractivity contribution in [2.45, 2.75) is 26.2 Å². The number of amides is 1. The van der Waals surface area contributed by atoms with Gasteiger partial charge in [0.15, 0.2) is 0 Å². The number of hydrazine groups is 1. The molecular formula is C14H20N4O3. The maximum absolute atomic E-state index is 12.5. The molecule has 0 saturated carbocycles. The van der Waals surface area contributed by atoms with E-state index in [1.165, 1.54) is 18.2 Å². The van der Waals surface area contributed by atoms with Crippen molar-refractivity contribution in [2.24, 2.45) is 11.8 Å². The van der Waals surface area contributed by atoms with Gasteiger partial charge in [0.05, 0.1) is 4.92 Å². The molecule has 1 fully saturated rings. The lowest BCUT2D eigenvalue weighted by atomic mass is 9.95. The Morgan fingerprint density at radius 2 is 2.33 bits per heavy atom. The van der Waals surface area contributed by atoms with Gasteiger partial charge in [-0.3, -0.25) is 20.8 Å². The highest BCUT2D eigenvalue weighted by Crippen LogP contribution is 2.26. The van der Waals surface area contributed by atoms with Crippen LogP contribution in [-0.4, -0.2) is 28.8 Å². The number of nitrogens with one attached hydrogen (secondary N) is 1. The number of nitrogen functional groups attached to an aromatic ring is 1. The molecule has 1 aliphatic heterocycles. The predicted molar refractivity (Wildman–Crippen MR) is 79.8 cm³/mol. The maximum atomic E-state index is 12.5. The van der Waals surface area contributed by atoms with E-state index in [1.807, 2.05) is 4.90 Å². The number of nitrogens with two attached hydrogens (primary N) is 1. The Morgan fingerprint density at radius 3 is 2.95 bits per heavy atom. The number of carbonyl (C=O) groups is 1. The first-order chi connectivity index (χ1) is 10.1. The number of rotatable bonds is 4. The molecule has 21 heavy (non-hydrogen) atoms. The summed E-state index contributed by atoms with van der Waals surface area (Å²) in [5.41, 5.74) is 2.71. The number of anilines is 1. The lowest BCUT2D eigenvalue weighted by Gasteiger charge is -2.32. The lowest BCUT2D eigenvalue weighted by Crippen LogP contribution is -2.39. The molecule has 1 amide bonds. The molecule has 7 nitrogen and oxygen atoms in total. The molecule has 1 aromatic rings. The number of hydrogen-bond acceptors (Lipinski definition) is 5. The van der Waals surface area contributed by atoms with E-state index < -0.39 is 4.92 Å². The molecule has 0 aromatic heterocycles. The quantitative estimate of drug-likeness (QED) is 0.503. The highest BCUT2D eigenvalue weighted by molar-refractivity contribution is 5.96. The fraction of sp³-hybridized carbons (Fsp3) is 0.500. The number of carbonyl (C=O) groups excluding carboxylic acids is 1. The Labute approximate surface area is 123 Å².